The average Bonchev–Trinajstić information content (AvgIpc) is 3.18. The number of aromatic nitrogens is 4. The Morgan fingerprint density at radius 2 is 1.90 bits per heavy atom. The Balaban J connectivity index is 1.34. The van der Waals surface area contributed by atoms with Crippen molar-refractivity contribution in [2.75, 3.05) is 0 Å². The van der Waals surface area contributed by atoms with Gasteiger partial charge in [-0.05, 0) is 30.2 Å². The molecule has 0 bridgehead atoms. The highest BCUT2D eigenvalue weighted by Gasteiger charge is 2.37. The first kappa shape index (κ1) is 18.3. The van der Waals surface area contributed by atoms with Crippen molar-refractivity contribution in [2.24, 2.45) is 0 Å². The van der Waals surface area contributed by atoms with E-state index in [-0.39, 0.29) is 17.8 Å². The van der Waals surface area contributed by atoms with Crippen LogP contribution in [0.25, 0.3) is 0 Å². The molecule has 0 saturated heterocycles. The maximum atomic E-state index is 13.6. The molecule has 2 aliphatic rings. The summed E-state index contributed by atoms with van der Waals surface area (Å²) in [4.78, 5) is 16.9. The molecule has 1 saturated carbocycles. The fourth-order valence-electron chi connectivity index (χ4n) is 4.12. The van der Waals surface area contributed by atoms with Crippen molar-refractivity contribution in [3.05, 3.63) is 75.2 Å². The number of rotatable bonds is 4. The second-order valence-electron chi connectivity index (χ2n) is 7.45. The summed E-state index contributed by atoms with van der Waals surface area (Å²) in [6.07, 6.45) is 4.03. The summed E-state index contributed by atoms with van der Waals surface area (Å²) >= 11 is 5.86. The molecule has 1 aliphatic heterocycles. The molecular formula is C20H17ClF2N4O2. The van der Waals surface area contributed by atoms with Gasteiger partial charge in [0.2, 0.25) is 0 Å². The normalized spacial score (nSPS) is 22.9. The average molecular weight is 419 g/mol. The molecule has 0 unspecified atom stereocenters. The molecule has 1 atom stereocenters. The van der Waals surface area contributed by atoms with Gasteiger partial charge < -0.3 is 4.74 Å². The maximum absolute atomic E-state index is 13.6. The molecule has 1 fully saturated rings. The lowest BCUT2D eigenvalue weighted by molar-refractivity contribution is 0.0622. The Kier molecular flexibility index (Phi) is 4.38. The van der Waals surface area contributed by atoms with Crippen LogP contribution in [-0.2, 0) is 6.42 Å². The van der Waals surface area contributed by atoms with Crippen LogP contribution < -0.4 is 10.4 Å². The van der Waals surface area contributed by atoms with Crippen LogP contribution in [0.15, 0.2) is 41.3 Å². The number of aryl methyl sites for hydroxylation is 1. The SMILES string of the molecule is O=c1n(C2CC(Oc3ccnc(Cl)c3)C2)nc2n1[C@H](c1cc(F)cc(F)c1)CC2. The van der Waals surface area contributed by atoms with Gasteiger partial charge in [-0.1, -0.05) is 11.6 Å². The smallest absolute Gasteiger partial charge is 0.346 e. The molecule has 0 spiro atoms. The van der Waals surface area contributed by atoms with E-state index in [9.17, 15) is 13.6 Å². The number of hydrogen-bond acceptors (Lipinski definition) is 4. The lowest BCUT2D eigenvalue weighted by Crippen LogP contribution is -2.41. The Morgan fingerprint density at radius 3 is 2.62 bits per heavy atom. The highest BCUT2D eigenvalue weighted by molar-refractivity contribution is 6.29. The van der Waals surface area contributed by atoms with Gasteiger partial charge in [0.1, 0.15) is 34.5 Å². The van der Waals surface area contributed by atoms with Gasteiger partial charge in [0.25, 0.3) is 0 Å². The molecule has 3 heterocycles. The maximum Gasteiger partial charge on any atom is 0.346 e. The van der Waals surface area contributed by atoms with Gasteiger partial charge in [0.15, 0.2) is 0 Å². The Morgan fingerprint density at radius 1 is 1.14 bits per heavy atom. The molecule has 29 heavy (non-hydrogen) atoms. The van der Waals surface area contributed by atoms with Crippen LogP contribution in [0.3, 0.4) is 0 Å². The minimum atomic E-state index is -0.649. The van der Waals surface area contributed by atoms with E-state index in [2.05, 4.69) is 10.1 Å². The zero-order valence-corrected chi connectivity index (χ0v) is 16.0. The number of fused-ring (bicyclic) bond motifs is 1. The summed E-state index contributed by atoms with van der Waals surface area (Å²) in [6, 6.07) is 6.30. The van der Waals surface area contributed by atoms with E-state index in [0.29, 0.717) is 48.0 Å². The predicted molar refractivity (Wildman–Crippen MR) is 101 cm³/mol. The van der Waals surface area contributed by atoms with E-state index in [4.69, 9.17) is 16.3 Å². The summed E-state index contributed by atoms with van der Waals surface area (Å²) in [5.41, 5.74) is 0.204. The third kappa shape index (κ3) is 3.31. The number of ether oxygens (including phenoxy) is 1. The van der Waals surface area contributed by atoms with E-state index in [1.807, 2.05) is 0 Å². The van der Waals surface area contributed by atoms with Crippen LogP contribution in [0, 0.1) is 11.6 Å². The quantitative estimate of drug-likeness (QED) is 0.606. The first-order valence-electron chi connectivity index (χ1n) is 9.42. The highest BCUT2D eigenvalue weighted by Crippen LogP contribution is 2.36. The molecule has 6 nitrogen and oxygen atoms in total. The van der Waals surface area contributed by atoms with Crippen molar-refractivity contribution in [1.29, 1.82) is 0 Å². The molecule has 2 aromatic heterocycles. The minimum absolute atomic E-state index is 0.0324. The van der Waals surface area contributed by atoms with Crippen LogP contribution in [0.5, 0.6) is 5.75 Å². The van der Waals surface area contributed by atoms with Crippen molar-refractivity contribution in [3.8, 4) is 5.75 Å². The molecule has 9 heteroatoms. The largest absolute Gasteiger partial charge is 0.490 e. The number of benzene rings is 1. The second kappa shape index (κ2) is 6.95. The zero-order valence-electron chi connectivity index (χ0n) is 15.3. The summed E-state index contributed by atoms with van der Waals surface area (Å²) < 4.78 is 36.2. The molecule has 0 amide bonds. The molecule has 1 aliphatic carbocycles. The molecule has 1 aromatic carbocycles. The summed E-state index contributed by atoms with van der Waals surface area (Å²) in [5, 5.41) is 4.84. The van der Waals surface area contributed by atoms with Gasteiger partial charge in [-0.3, -0.25) is 4.57 Å². The van der Waals surface area contributed by atoms with Crippen LogP contribution in [0.1, 0.15) is 42.7 Å². The Hall–Kier alpha value is -2.74. The fourth-order valence-corrected chi connectivity index (χ4v) is 4.28. The summed E-state index contributed by atoms with van der Waals surface area (Å²) in [7, 11) is 0. The third-order valence-electron chi connectivity index (χ3n) is 5.54. The van der Waals surface area contributed by atoms with Gasteiger partial charge in [-0.2, -0.15) is 5.10 Å². The van der Waals surface area contributed by atoms with Gasteiger partial charge >= 0.3 is 5.69 Å². The molecular weight excluding hydrogens is 402 g/mol. The van der Waals surface area contributed by atoms with Crippen molar-refractivity contribution in [1.82, 2.24) is 19.3 Å². The van der Waals surface area contributed by atoms with Crippen molar-refractivity contribution in [2.45, 2.75) is 43.9 Å². The van der Waals surface area contributed by atoms with E-state index < -0.39 is 17.7 Å². The van der Waals surface area contributed by atoms with Gasteiger partial charge in [-0.15, -0.1) is 0 Å². The van der Waals surface area contributed by atoms with Crippen LogP contribution in [0.2, 0.25) is 5.15 Å². The monoisotopic (exact) mass is 418 g/mol. The highest BCUT2D eigenvalue weighted by atomic mass is 35.5. The lowest BCUT2D eigenvalue weighted by Gasteiger charge is -2.34. The van der Waals surface area contributed by atoms with Crippen molar-refractivity contribution >= 4 is 11.6 Å². The molecule has 0 N–H and O–H groups in total. The van der Waals surface area contributed by atoms with E-state index in [1.54, 1.807) is 22.9 Å². The van der Waals surface area contributed by atoms with Crippen molar-refractivity contribution in [3.63, 3.8) is 0 Å². The third-order valence-corrected chi connectivity index (χ3v) is 5.75. The minimum Gasteiger partial charge on any atom is -0.490 e. The molecule has 5 rings (SSSR count). The van der Waals surface area contributed by atoms with Gasteiger partial charge in [0, 0.05) is 37.6 Å². The first-order chi connectivity index (χ1) is 14.0. The van der Waals surface area contributed by atoms with E-state index in [1.165, 1.54) is 16.8 Å². The standard InChI is InChI=1S/C20H17ClF2N4O2/c21-18-10-15(3-4-24-18)29-16-8-14(9-16)27-20(28)26-17(1-2-19(26)25-27)11-5-12(22)7-13(23)6-11/h3-7,10,14,16-17H,1-2,8-9H2/t14?,16?,17-/m0/s1. The van der Waals surface area contributed by atoms with Crippen LogP contribution >= 0.6 is 11.6 Å². The summed E-state index contributed by atoms with van der Waals surface area (Å²) in [5.74, 6) is -0.00976. The van der Waals surface area contributed by atoms with E-state index >= 15 is 0 Å². The van der Waals surface area contributed by atoms with Gasteiger partial charge in [0.05, 0.1) is 12.1 Å². The predicted octanol–water partition coefficient (Wildman–Crippen LogP) is 3.69. The van der Waals surface area contributed by atoms with Crippen molar-refractivity contribution < 1.29 is 13.5 Å². The Bertz CT molecular complexity index is 1120. The Labute approximate surface area is 169 Å². The van der Waals surface area contributed by atoms with Gasteiger partial charge in [-0.25, -0.2) is 23.2 Å². The lowest BCUT2D eigenvalue weighted by atomic mass is 9.89. The first-order valence-corrected chi connectivity index (χ1v) is 9.80. The van der Waals surface area contributed by atoms with Crippen LogP contribution in [-0.4, -0.2) is 25.4 Å². The zero-order chi connectivity index (χ0) is 20.1. The molecule has 150 valence electrons. The number of nitrogens with zero attached hydrogens (tertiary/aromatic N) is 4. The molecule has 3 aromatic rings. The summed E-state index contributed by atoms with van der Waals surface area (Å²) in [6.45, 7) is 0. The van der Waals surface area contributed by atoms with E-state index in [0.717, 1.165) is 6.07 Å². The number of pyridine rings is 1. The number of halogens is 3. The van der Waals surface area contributed by atoms with Crippen LogP contribution in [0.4, 0.5) is 8.78 Å². The second-order valence-corrected chi connectivity index (χ2v) is 7.84. The number of hydrogen-bond donors (Lipinski definition) is 0. The fraction of sp³-hybridized carbons (Fsp3) is 0.350. The molecule has 0 radical (unpaired) electrons. The topological polar surface area (TPSA) is 61.9 Å².